The predicted molar refractivity (Wildman–Crippen MR) is 81.7 cm³/mol. The van der Waals surface area contributed by atoms with Gasteiger partial charge in [-0.25, -0.2) is 9.18 Å². The first kappa shape index (κ1) is 15.8. The molecular weight excluding hydrogens is 269 g/mol. The van der Waals surface area contributed by atoms with Crippen LogP contribution >= 0.6 is 0 Å². The number of methoxy groups -OCH3 is 1. The van der Waals surface area contributed by atoms with Gasteiger partial charge >= 0.3 is 5.97 Å². The van der Waals surface area contributed by atoms with E-state index >= 15 is 0 Å². The number of esters is 1. The van der Waals surface area contributed by atoms with Crippen molar-refractivity contribution in [2.45, 2.75) is 45.6 Å². The number of ether oxygens (including phenoxy) is 1. The Hall–Kier alpha value is -1.58. The number of rotatable bonds is 4. The van der Waals surface area contributed by atoms with Crippen LogP contribution in [0.25, 0.3) is 0 Å². The summed E-state index contributed by atoms with van der Waals surface area (Å²) in [6, 6.07) is 4.35. The van der Waals surface area contributed by atoms with Crippen molar-refractivity contribution >= 4 is 11.7 Å². The monoisotopic (exact) mass is 293 g/mol. The zero-order valence-electron chi connectivity index (χ0n) is 13.0. The molecule has 0 aliphatic heterocycles. The summed E-state index contributed by atoms with van der Waals surface area (Å²) in [5.41, 5.74) is 1.47. The maximum absolute atomic E-state index is 13.5. The zero-order valence-corrected chi connectivity index (χ0v) is 13.0. The Morgan fingerprint density at radius 2 is 1.95 bits per heavy atom. The van der Waals surface area contributed by atoms with Gasteiger partial charge in [0.15, 0.2) is 0 Å². The molecule has 1 fully saturated rings. The molecule has 1 aromatic carbocycles. The molecule has 0 spiro atoms. The standard InChI is InChI=1S/C17H24FNO2/c1-11-4-6-13(7-5-11)16(17(20)21-3)19-15-9-12(2)8-14(18)10-15/h8-11,13,16,19H,4-7H2,1-3H3. The Morgan fingerprint density at radius 1 is 1.29 bits per heavy atom. The van der Waals surface area contributed by atoms with Gasteiger partial charge in [-0.15, -0.1) is 0 Å². The Labute approximate surface area is 125 Å². The van der Waals surface area contributed by atoms with Crippen molar-refractivity contribution < 1.29 is 13.9 Å². The largest absolute Gasteiger partial charge is 0.467 e. The molecule has 1 saturated carbocycles. The first-order valence-electron chi connectivity index (χ1n) is 7.61. The van der Waals surface area contributed by atoms with Crippen molar-refractivity contribution in [3.63, 3.8) is 0 Å². The van der Waals surface area contributed by atoms with E-state index in [1.165, 1.54) is 19.2 Å². The van der Waals surface area contributed by atoms with E-state index in [2.05, 4.69) is 12.2 Å². The second-order valence-corrected chi connectivity index (χ2v) is 6.18. The van der Waals surface area contributed by atoms with Crippen LogP contribution in [0, 0.1) is 24.6 Å². The lowest BCUT2D eigenvalue weighted by molar-refractivity contribution is -0.143. The first-order chi connectivity index (χ1) is 9.99. The van der Waals surface area contributed by atoms with Gasteiger partial charge in [-0.05, 0) is 55.4 Å². The number of benzene rings is 1. The predicted octanol–water partition coefficient (Wildman–Crippen LogP) is 3.91. The van der Waals surface area contributed by atoms with E-state index in [0.717, 1.165) is 37.2 Å². The minimum atomic E-state index is -0.399. The molecule has 1 N–H and O–H groups in total. The highest BCUT2D eigenvalue weighted by atomic mass is 19.1. The number of halogens is 1. The highest BCUT2D eigenvalue weighted by Crippen LogP contribution is 2.32. The number of anilines is 1. The van der Waals surface area contributed by atoms with Gasteiger partial charge in [-0.2, -0.15) is 0 Å². The van der Waals surface area contributed by atoms with Crippen LogP contribution in [0.2, 0.25) is 0 Å². The third-order valence-corrected chi connectivity index (χ3v) is 4.35. The molecule has 0 heterocycles. The Balaban J connectivity index is 2.14. The van der Waals surface area contributed by atoms with Crippen LogP contribution in [-0.4, -0.2) is 19.1 Å². The molecule has 3 nitrogen and oxygen atoms in total. The Morgan fingerprint density at radius 3 is 2.52 bits per heavy atom. The van der Waals surface area contributed by atoms with Crippen LogP contribution in [0.1, 0.15) is 38.2 Å². The van der Waals surface area contributed by atoms with Crippen molar-refractivity contribution in [2.75, 3.05) is 12.4 Å². The minimum Gasteiger partial charge on any atom is -0.467 e. The molecule has 1 aromatic rings. The maximum atomic E-state index is 13.5. The van der Waals surface area contributed by atoms with Crippen molar-refractivity contribution in [1.29, 1.82) is 0 Å². The van der Waals surface area contributed by atoms with Crippen LogP contribution in [0.4, 0.5) is 10.1 Å². The highest BCUT2D eigenvalue weighted by Gasteiger charge is 2.31. The summed E-state index contributed by atoms with van der Waals surface area (Å²) in [5, 5.41) is 3.18. The van der Waals surface area contributed by atoms with Crippen LogP contribution in [-0.2, 0) is 9.53 Å². The van der Waals surface area contributed by atoms with E-state index in [1.807, 2.05) is 13.0 Å². The van der Waals surface area contributed by atoms with Gasteiger partial charge in [-0.1, -0.05) is 19.8 Å². The van der Waals surface area contributed by atoms with Crippen molar-refractivity contribution in [2.24, 2.45) is 11.8 Å². The summed E-state index contributed by atoms with van der Waals surface area (Å²) in [6.45, 7) is 4.08. The lowest BCUT2D eigenvalue weighted by Crippen LogP contribution is -2.39. The van der Waals surface area contributed by atoms with E-state index in [4.69, 9.17) is 4.74 Å². The molecule has 2 rings (SSSR count). The van der Waals surface area contributed by atoms with Crippen LogP contribution < -0.4 is 5.32 Å². The molecule has 0 aromatic heterocycles. The lowest BCUT2D eigenvalue weighted by atomic mass is 9.79. The fourth-order valence-corrected chi connectivity index (χ4v) is 3.11. The number of hydrogen-bond acceptors (Lipinski definition) is 3. The highest BCUT2D eigenvalue weighted by molar-refractivity contribution is 5.79. The van der Waals surface area contributed by atoms with Crippen molar-refractivity contribution in [3.8, 4) is 0 Å². The van der Waals surface area contributed by atoms with Crippen LogP contribution in [0.5, 0.6) is 0 Å². The van der Waals surface area contributed by atoms with Crippen LogP contribution in [0.3, 0.4) is 0 Å². The molecule has 1 aliphatic carbocycles. The summed E-state index contributed by atoms with van der Waals surface area (Å²) in [6.07, 6.45) is 4.26. The van der Waals surface area contributed by atoms with Crippen molar-refractivity contribution in [1.82, 2.24) is 0 Å². The number of nitrogens with one attached hydrogen (secondary N) is 1. The lowest BCUT2D eigenvalue weighted by Gasteiger charge is -2.32. The summed E-state index contributed by atoms with van der Waals surface area (Å²) >= 11 is 0. The Kier molecular flexibility index (Phi) is 5.21. The van der Waals surface area contributed by atoms with Gasteiger partial charge in [0.2, 0.25) is 0 Å². The molecule has 21 heavy (non-hydrogen) atoms. The fourth-order valence-electron chi connectivity index (χ4n) is 3.11. The van der Waals surface area contributed by atoms with E-state index in [1.54, 1.807) is 0 Å². The van der Waals surface area contributed by atoms with Crippen LogP contribution in [0.15, 0.2) is 18.2 Å². The first-order valence-corrected chi connectivity index (χ1v) is 7.61. The molecule has 1 unspecified atom stereocenters. The topological polar surface area (TPSA) is 38.3 Å². The maximum Gasteiger partial charge on any atom is 0.328 e. The number of aryl methyl sites for hydroxylation is 1. The number of carbonyl (C=O) groups is 1. The van der Waals surface area contributed by atoms with Gasteiger partial charge in [0.25, 0.3) is 0 Å². The fraction of sp³-hybridized carbons (Fsp3) is 0.588. The van der Waals surface area contributed by atoms with E-state index in [-0.39, 0.29) is 17.7 Å². The average molecular weight is 293 g/mol. The van der Waals surface area contributed by atoms with E-state index in [0.29, 0.717) is 5.69 Å². The molecule has 0 saturated heterocycles. The van der Waals surface area contributed by atoms with E-state index < -0.39 is 6.04 Å². The van der Waals surface area contributed by atoms with Gasteiger partial charge in [0.1, 0.15) is 11.9 Å². The van der Waals surface area contributed by atoms with Gasteiger partial charge in [0.05, 0.1) is 7.11 Å². The normalized spacial score (nSPS) is 23.4. The number of hydrogen-bond donors (Lipinski definition) is 1. The van der Waals surface area contributed by atoms with Gasteiger partial charge in [0, 0.05) is 5.69 Å². The summed E-state index contributed by atoms with van der Waals surface area (Å²) in [4.78, 5) is 12.1. The molecule has 0 radical (unpaired) electrons. The molecule has 1 atom stereocenters. The molecule has 4 heteroatoms. The molecule has 1 aliphatic rings. The zero-order chi connectivity index (χ0) is 15.4. The quantitative estimate of drug-likeness (QED) is 0.855. The molecular formula is C17H24FNO2. The molecule has 116 valence electrons. The number of carbonyl (C=O) groups excluding carboxylic acids is 1. The third kappa shape index (κ3) is 4.19. The molecule has 0 amide bonds. The summed E-state index contributed by atoms with van der Waals surface area (Å²) < 4.78 is 18.4. The SMILES string of the molecule is COC(=O)C(Nc1cc(C)cc(F)c1)C1CCC(C)CC1. The van der Waals surface area contributed by atoms with Gasteiger partial charge < -0.3 is 10.1 Å². The smallest absolute Gasteiger partial charge is 0.328 e. The second kappa shape index (κ2) is 6.92. The molecule has 0 bridgehead atoms. The minimum absolute atomic E-state index is 0.247. The summed E-state index contributed by atoms with van der Waals surface area (Å²) in [5.74, 6) is 0.406. The van der Waals surface area contributed by atoms with E-state index in [9.17, 15) is 9.18 Å². The average Bonchev–Trinajstić information content (AvgIpc) is 2.44. The van der Waals surface area contributed by atoms with Gasteiger partial charge in [-0.3, -0.25) is 0 Å². The Bertz CT molecular complexity index is 475. The van der Waals surface area contributed by atoms with Crippen molar-refractivity contribution in [3.05, 3.63) is 29.6 Å². The third-order valence-electron chi connectivity index (χ3n) is 4.35. The second-order valence-electron chi connectivity index (χ2n) is 6.18. The summed E-state index contributed by atoms with van der Waals surface area (Å²) in [7, 11) is 1.40.